The molecule has 0 amide bonds. The van der Waals surface area contributed by atoms with Crippen molar-refractivity contribution in [2.75, 3.05) is 5.48 Å². The third-order valence-electron chi connectivity index (χ3n) is 1.23. The molecule has 0 aliphatic rings. The van der Waals surface area contributed by atoms with Crippen LogP contribution in [0.1, 0.15) is 0 Å². The van der Waals surface area contributed by atoms with Gasteiger partial charge in [-0.05, 0) is 6.07 Å². The van der Waals surface area contributed by atoms with Crippen LogP contribution in [0.5, 0.6) is 0 Å². The van der Waals surface area contributed by atoms with Gasteiger partial charge in [0.15, 0.2) is 0 Å². The molecule has 1 aromatic heterocycles. The lowest BCUT2D eigenvalue weighted by atomic mass is 10.4. The van der Waals surface area contributed by atoms with Gasteiger partial charge in [0.2, 0.25) is 0 Å². The second-order valence-electron chi connectivity index (χ2n) is 1.98. The summed E-state index contributed by atoms with van der Waals surface area (Å²) >= 11 is 0. The summed E-state index contributed by atoms with van der Waals surface area (Å²) in [6.07, 6.45) is 1.57. The molecule has 0 saturated carbocycles. The van der Waals surface area contributed by atoms with E-state index in [0.29, 0.717) is 5.69 Å². The quantitative estimate of drug-likeness (QED) is 0.547. The van der Waals surface area contributed by atoms with E-state index in [2.05, 4.69) is 0 Å². The molecule has 0 spiro atoms. The van der Waals surface area contributed by atoms with E-state index in [1.165, 1.54) is 10.6 Å². The second kappa shape index (κ2) is 2.53. The standard InChI is InChI=1S/C6H8N2O2/c1-8-3-2-5(7-10)4-6(8)9/h2-4,7,10H,1H3. The summed E-state index contributed by atoms with van der Waals surface area (Å²) < 4.78 is 1.42. The topological polar surface area (TPSA) is 54.3 Å². The summed E-state index contributed by atoms with van der Waals surface area (Å²) in [5.74, 6) is 0. The van der Waals surface area contributed by atoms with Crippen molar-refractivity contribution in [3.8, 4) is 0 Å². The average molecular weight is 140 g/mol. The van der Waals surface area contributed by atoms with Crippen LogP contribution in [0.3, 0.4) is 0 Å². The van der Waals surface area contributed by atoms with Gasteiger partial charge in [-0.2, -0.15) is 0 Å². The van der Waals surface area contributed by atoms with Crippen molar-refractivity contribution in [3.63, 3.8) is 0 Å². The van der Waals surface area contributed by atoms with Crippen LogP contribution in [0, 0.1) is 0 Å². The fourth-order valence-corrected chi connectivity index (χ4v) is 0.618. The van der Waals surface area contributed by atoms with Crippen molar-refractivity contribution in [3.05, 3.63) is 28.7 Å². The Kier molecular flexibility index (Phi) is 1.73. The number of aromatic nitrogens is 1. The highest BCUT2D eigenvalue weighted by Crippen LogP contribution is 1.97. The average Bonchev–Trinajstić information content (AvgIpc) is 1.95. The van der Waals surface area contributed by atoms with Gasteiger partial charge in [0.05, 0.1) is 5.69 Å². The molecule has 0 aromatic carbocycles. The minimum Gasteiger partial charge on any atom is -0.318 e. The molecule has 0 bridgehead atoms. The number of rotatable bonds is 1. The predicted molar refractivity (Wildman–Crippen MR) is 37.1 cm³/mol. The van der Waals surface area contributed by atoms with Crippen molar-refractivity contribution in [1.82, 2.24) is 4.57 Å². The van der Waals surface area contributed by atoms with Crippen LogP contribution in [-0.4, -0.2) is 9.77 Å². The molecule has 1 aromatic rings. The molecule has 1 rings (SSSR count). The minimum atomic E-state index is -0.154. The van der Waals surface area contributed by atoms with E-state index in [1.807, 2.05) is 5.48 Å². The van der Waals surface area contributed by atoms with Gasteiger partial charge in [-0.15, -0.1) is 0 Å². The Bertz CT molecular complexity index is 279. The molecule has 2 N–H and O–H groups in total. The van der Waals surface area contributed by atoms with Crippen LogP contribution in [0.4, 0.5) is 5.69 Å². The number of anilines is 1. The van der Waals surface area contributed by atoms with Crippen LogP contribution < -0.4 is 11.0 Å². The Morgan fingerprint density at radius 2 is 2.40 bits per heavy atom. The van der Waals surface area contributed by atoms with Crippen molar-refractivity contribution in [2.45, 2.75) is 0 Å². The molecule has 1 heterocycles. The van der Waals surface area contributed by atoms with E-state index in [1.54, 1.807) is 19.3 Å². The second-order valence-corrected chi connectivity index (χ2v) is 1.98. The summed E-state index contributed by atoms with van der Waals surface area (Å²) in [4.78, 5) is 10.8. The highest BCUT2D eigenvalue weighted by molar-refractivity contribution is 5.37. The summed E-state index contributed by atoms with van der Waals surface area (Å²) in [7, 11) is 1.64. The van der Waals surface area contributed by atoms with E-state index < -0.39 is 0 Å². The first-order valence-corrected chi connectivity index (χ1v) is 2.81. The molecular weight excluding hydrogens is 132 g/mol. The van der Waals surface area contributed by atoms with Crippen molar-refractivity contribution < 1.29 is 5.21 Å². The smallest absolute Gasteiger partial charge is 0.252 e. The zero-order chi connectivity index (χ0) is 7.56. The van der Waals surface area contributed by atoms with Gasteiger partial charge in [0.1, 0.15) is 0 Å². The first-order chi connectivity index (χ1) is 4.74. The van der Waals surface area contributed by atoms with Gasteiger partial charge < -0.3 is 4.57 Å². The zero-order valence-corrected chi connectivity index (χ0v) is 5.53. The lowest BCUT2D eigenvalue weighted by Crippen LogP contribution is -2.14. The maximum absolute atomic E-state index is 10.8. The SMILES string of the molecule is Cn1ccc(NO)cc1=O. The zero-order valence-electron chi connectivity index (χ0n) is 5.53. The molecule has 0 saturated heterocycles. The van der Waals surface area contributed by atoms with Crippen molar-refractivity contribution >= 4 is 5.69 Å². The van der Waals surface area contributed by atoms with Crippen LogP contribution in [0.2, 0.25) is 0 Å². The third kappa shape index (κ3) is 1.16. The maximum atomic E-state index is 10.8. The van der Waals surface area contributed by atoms with Crippen LogP contribution in [-0.2, 0) is 7.05 Å². The van der Waals surface area contributed by atoms with Gasteiger partial charge in [-0.25, -0.2) is 0 Å². The molecule has 4 heteroatoms. The number of nitrogens with one attached hydrogen (secondary N) is 1. The Labute approximate surface area is 57.7 Å². The molecule has 0 unspecified atom stereocenters. The van der Waals surface area contributed by atoms with Gasteiger partial charge in [0.25, 0.3) is 5.56 Å². The van der Waals surface area contributed by atoms with Crippen LogP contribution >= 0.6 is 0 Å². The number of hydrogen-bond donors (Lipinski definition) is 2. The van der Waals surface area contributed by atoms with E-state index in [9.17, 15) is 4.79 Å². The first-order valence-electron chi connectivity index (χ1n) is 2.81. The fraction of sp³-hybridized carbons (Fsp3) is 0.167. The minimum absolute atomic E-state index is 0.154. The lowest BCUT2D eigenvalue weighted by Gasteiger charge is -1.98. The summed E-state index contributed by atoms with van der Waals surface area (Å²) in [5.41, 5.74) is 2.13. The predicted octanol–water partition coefficient (Wildman–Crippen LogP) is 0.186. The van der Waals surface area contributed by atoms with Crippen LogP contribution in [0.15, 0.2) is 23.1 Å². The molecule has 0 fully saturated rings. The highest BCUT2D eigenvalue weighted by atomic mass is 16.5. The molecule has 0 atom stereocenters. The number of aryl methyl sites for hydroxylation is 1. The molecule has 0 radical (unpaired) electrons. The molecule has 4 nitrogen and oxygen atoms in total. The number of pyridine rings is 1. The maximum Gasteiger partial charge on any atom is 0.252 e. The molecule has 54 valence electrons. The number of hydrogen-bond acceptors (Lipinski definition) is 3. The van der Waals surface area contributed by atoms with Gasteiger partial charge in [-0.1, -0.05) is 0 Å². The monoisotopic (exact) mass is 140 g/mol. The number of nitrogens with zero attached hydrogens (tertiary/aromatic N) is 1. The first kappa shape index (κ1) is 6.82. The molecule has 0 aliphatic carbocycles. The molecular formula is C6H8N2O2. The molecule has 10 heavy (non-hydrogen) atoms. The largest absolute Gasteiger partial charge is 0.318 e. The van der Waals surface area contributed by atoms with E-state index in [0.717, 1.165) is 0 Å². The Morgan fingerprint density at radius 1 is 1.70 bits per heavy atom. The van der Waals surface area contributed by atoms with Gasteiger partial charge >= 0.3 is 0 Å². The third-order valence-corrected chi connectivity index (χ3v) is 1.23. The van der Waals surface area contributed by atoms with E-state index in [-0.39, 0.29) is 5.56 Å². The van der Waals surface area contributed by atoms with Gasteiger partial charge in [-0.3, -0.25) is 15.5 Å². The lowest BCUT2D eigenvalue weighted by molar-refractivity contribution is 0.388. The fourth-order valence-electron chi connectivity index (χ4n) is 0.618. The normalized spacial score (nSPS) is 9.40. The Balaban J connectivity index is 3.17. The van der Waals surface area contributed by atoms with Crippen molar-refractivity contribution in [2.24, 2.45) is 7.05 Å². The Hall–Kier alpha value is -1.29. The van der Waals surface area contributed by atoms with E-state index >= 15 is 0 Å². The van der Waals surface area contributed by atoms with Crippen LogP contribution in [0.25, 0.3) is 0 Å². The summed E-state index contributed by atoms with van der Waals surface area (Å²) in [6.45, 7) is 0. The van der Waals surface area contributed by atoms with E-state index in [4.69, 9.17) is 5.21 Å². The summed E-state index contributed by atoms with van der Waals surface area (Å²) in [5, 5.41) is 8.35. The van der Waals surface area contributed by atoms with Crippen molar-refractivity contribution in [1.29, 1.82) is 0 Å². The Morgan fingerprint density at radius 3 is 2.90 bits per heavy atom. The van der Waals surface area contributed by atoms with Gasteiger partial charge in [0, 0.05) is 19.3 Å². The molecule has 0 aliphatic heterocycles. The highest BCUT2D eigenvalue weighted by Gasteiger charge is 1.90. The summed E-state index contributed by atoms with van der Waals surface area (Å²) in [6, 6.07) is 2.90.